The summed E-state index contributed by atoms with van der Waals surface area (Å²) in [5.74, 6) is -2.24. The van der Waals surface area contributed by atoms with Gasteiger partial charge in [-0.1, -0.05) is 35.9 Å². The highest BCUT2D eigenvalue weighted by atomic mass is 19.1. The summed E-state index contributed by atoms with van der Waals surface area (Å²) in [4.78, 5) is 23.5. The fourth-order valence-electron chi connectivity index (χ4n) is 1.92. The van der Waals surface area contributed by atoms with Crippen molar-refractivity contribution in [1.29, 1.82) is 0 Å². The average Bonchev–Trinajstić information content (AvgIpc) is 2.51. The first-order valence-corrected chi connectivity index (χ1v) is 6.93. The number of carbonyl (C=O) groups is 2. The molecule has 0 heterocycles. The van der Waals surface area contributed by atoms with Gasteiger partial charge < -0.3 is 5.32 Å². The van der Waals surface area contributed by atoms with Crippen molar-refractivity contribution in [2.75, 3.05) is 5.32 Å². The lowest BCUT2D eigenvalue weighted by atomic mass is 10.1. The van der Waals surface area contributed by atoms with Crippen LogP contribution in [0.3, 0.4) is 0 Å². The van der Waals surface area contributed by atoms with Crippen LogP contribution in [0.5, 0.6) is 0 Å². The Balaban J connectivity index is 1.95. The fraction of sp³-hybridized carbons (Fsp3) is 0.118. The molecular formula is C17H16FN3O2. The van der Waals surface area contributed by atoms with E-state index in [-0.39, 0.29) is 5.56 Å². The van der Waals surface area contributed by atoms with E-state index in [9.17, 15) is 14.0 Å². The minimum absolute atomic E-state index is 0.211. The Bertz CT molecular complexity index is 772. The van der Waals surface area contributed by atoms with E-state index in [4.69, 9.17) is 0 Å². The van der Waals surface area contributed by atoms with Crippen molar-refractivity contribution in [2.24, 2.45) is 5.10 Å². The fourth-order valence-corrected chi connectivity index (χ4v) is 1.92. The van der Waals surface area contributed by atoms with Gasteiger partial charge in [-0.05, 0) is 31.5 Å². The number of amides is 2. The maximum Gasteiger partial charge on any atom is 0.329 e. The normalized spacial score (nSPS) is 10.6. The molecule has 0 spiro atoms. The highest BCUT2D eigenvalue weighted by Gasteiger charge is 2.13. The summed E-state index contributed by atoms with van der Waals surface area (Å²) in [6.45, 7) is 3.76. The molecule has 0 aliphatic carbocycles. The predicted octanol–water partition coefficient (Wildman–Crippen LogP) is 2.53. The molecule has 2 N–H and O–H groups in total. The van der Waals surface area contributed by atoms with Crippen LogP contribution in [0.25, 0.3) is 0 Å². The smallest absolute Gasteiger partial charge is 0.317 e. The monoisotopic (exact) mass is 313 g/mol. The van der Waals surface area contributed by atoms with E-state index in [1.165, 1.54) is 12.1 Å². The van der Waals surface area contributed by atoms with Crippen LogP contribution >= 0.6 is 0 Å². The van der Waals surface area contributed by atoms with E-state index >= 15 is 0 Å². The zero-order chi connectivity index (χ0) is 16.8. The van der Waals surface area contributed by atoms with Gasteiger partial charge in [0, 0.05) is 11.3 Å². The van der Waals surface area contributed by atoms with Crippen LogP contribution in [0.4, 0.5) is 10.1 Å². The summed E-state index contributed by atoms with van der Waals surface area (Å²) >= 11 is 0. The van der Waals surface area contributed by atoms with Gasteiger partial charge in [0.05, 0.1) is 6.21 Å². The van der Waals surface area contributed by atoms with Crippen LogP contribution in [0.15, 0.2) is 47.6 Å². The number of halogens is 1. The number of nitrogens with one attached hydrogen (secondary N) is 2. The highest BCUT2D eigenvalue weighted by Crippen LogP contribution is 2.15. The third-order valence-electron chi connectivity index (χ3n) is 3.11. The maximum absolute atomic E-state index is 13.4. The Morgan fingerprint density at radius 3 is 2.52 bits per heavy atom. The molecule has 2 aromatic carbocycles. The van der Waals surface area contributed by atoms with Crippen molar-refractivity contribution >= 4 is 23.7 Å². The molecule has 23 heavy (non-hydrogen) atoms. The number of carbonyl (C=O) groups excluding carboxylic acids is 2. The molecule has 0 saturated heterocycles. The first-order valence-electron chi connectivity index (χ1n) is 6.93. The lowest BCUT2D eigenvalue weighted by Crippen LogP contribution is -2.32. The molecule has 2 amide bonds. The third kappa shape index (κ3) is 4.47. The topological polar surface area (TPSA) is 70.6 Å². The summed E-state index contributed by atoms with van der Waals surface area (Å²) in [5.41, 5.74) is 4.72. The molecule has 0 saturated carbocycles. The van der Waals surface area contributed by atoms with Crippen LogP contribution in [0.1, 0.15) is 16.7 Å². The third-order valence-corrected chi connectivity index (χ3v) is 3.11. The summed E-state index contributed by atoms with van der Waals surface area (Å²) < 4.78 is 13.4. The number of anilines is 1. The average molecular weight is 313 g/mol. The molecule has 0 bridgehead atoms. The van der Waals surface area contributed by atoms with Crippen molar-refractivity contribution in [3.05, 3.63) is 65.0 Å². The van der Waals surface area contributed by atoms with Gasteiger partial charge in [0.2, 0.25) is 0 Å². The first-order chi connectivity index (χ1) is 11.0. The van der Waals surface area contributed by atoms with Gasteiger partial charge in [0.25, 0.3) is 0 Å². The molecule has 0 unspecified atom stereocenters. The van der Waals surface area contributed by atoms with Crippen molar-refractivity contribution in [3.63, 3.8) is 0 Å². The van der Waals surface area contributed by atoms with Gasteiger partial charge in [-0.15, -0.1) is 0 Å². The SMILES string of the molecule is Cc1ccc(NC(=O)C(=O)N/N=C/c2ccccc2F)c(C)c1. The minimum Gasteiger partial charge on any atom is -0.317 e. The molecule has 118 valence electrons. The van der Waals surface area contributed by atoms with Crippen LogP contribution in [0, 0.1) is 19.7 Å². The highest BCUT2D eigenvalue weighted by molar-refractivity contribution is 6.39. The molecular weight excluding hydrogens is 297 g/mol. The maximum atomic E-state index is 13.4. The Morgan fingerprint density at radius 1 is 1.09 bits per heavy atom. The number of aryl methyl sites for hydroxylation is 2. The van der Waals surface area contributed by atoms with Gasteiger partial charge in [-0.25, -0.2) is 9.82 Å². The minimum atomic E-state index is -0.933. The Labute approximate surface area is 133 Å². The number of hydrogen-bond acceptors (Lipinski definition) is 3. The standard InChI is InChI=1S/C17H16FN3O2/c1-11-7-8-15(12(2)9-11)20-16(22)17(23)21-19-10-13-5-3-4-6-14(13)18/h3-10H,1-2H3,(H,20,22)(H,21,23)/b19-10+. The molecule has 0 radical (unpaired) electrons. The number of hydrogen-bond donors (Lipinski definition) is 2. The lowest BCUT2D eigenvalue weighted by Gasteiger charge is -2.08. The van der Waals surface area contributed by atoms with E-state index < -0.39 is 17.6 Å². The quantitative estimate of drug-likeness (QED) is 0.519. The molecule has 0 aliphatic heterocycles. The van der Waals surface area contributed by atoms with Crippen molar-refractivity contribution in [3.8, 4) is 0 Å². The molecule has 0 atom stereocenters. The molecule has 2 rings (SSSR count). The molecule has 0 aromatic heterocycles. The van der Waals surface area contributed by atoms with Crippen LogP contribution in [0.2, 0.25) is 0 Å². The Kier molecular flexibility index (Phi) is 5.19. The zero-order valence-corrected chi connectivity index (χ0v) is 12.8. The first kappa shape index (κ1) is 16.4. The molecule has 2 aromatic rings. The van der Waals surface area contributed by atoms with Gasteiger partial charge in [0.1, 0.15) is 5.82 Å². The largest absolute Gasteiger partial charge is 0.329 e. The summed E-state index contributed by atoms with van der Waals surface area (Å²) in [6, 6.07) is 11.4. The number of nitrogens with zero attached hydrogens (tertiary/aromatic N) is 1. The van der Waals surface area contributed by atoms with Crippen LogP contribution in [-0.4, -0.2) is 18.0 Å². The van der Waals surface area contributed by atoms with E-state index in [1.54, 1.807) is 18.2 Å². The number of rotatable bonds is 3. The zero-order valence-electron chi connectivity index (χ0n) is 12.8. The second-order valence-corrected chi connectivity index (χ2v) is 4.99. The second kappa shape index (κ2) is 7.31. The van der Waals surface area contributed by atoms with Gasteiger partial charge in [-0.3, -0.25) is 9.59 Å². The number of benzene rings is 2. The van der Waals surface area contributed by atoms with Gasteiger partial charge in [0.15, 0.2) is 0 Å². The molecule has 5 nitrogen and oxygen atoms in total. The Morgan fingerprint density at radius 2 is 1.83 bits per heavy atom. The summed E-state index contributed by atoms with van der Waals surface area (Å²) in [6.07, 6.45) is 1.14. The number of hydrazone groups is 1. The Hall–Kier alpha value is -3.02. The van der Waals surface area contributed by atoms with Gasteiger partial charge >= 0.3 is 11.8 Å². The van der Waals surface area contributed by atoms with E-state index in [0.717, 1.165) is 17.3 Å². The lowest BCUT2D eigenvalue weighted by molar-refractivity contribution is -0.136. The van der Waals surface area contributed by atoms with Crippen molar-refractivity contribution < 1.29 is 14.0 Å². The van der Waals surface area contributed by atoms with E-state index in [0.29, 0.717) is 5.69 Å². The van der Waals surface area contributed by atoms with E-state index in [2.05, 4.69) is 15.8 Å². The summed E-state index contributed by atoms with van der Waals surface area (Å²) in [7, 11) is 0. The van der Waals surface area contributed by atoms with Crippen molar-refractivity contribution in [1.82, 2.24) is 5.43 Å². The molecule has 0 fully saturated rings. The predicted molar refractivity (Wildman–Crippen MR) is 86.7 cm³/mol. The van der Waals surface area contributed by atoms with Crippen LogP contribution in [-0.2, 0) is 9.59 Å². The molecule has 6 heteroatoms. The second-order valence-electron chi connectivity index (χ2n) is 4.99. The summed E-state index contributed by atoms with van der Waals surface area (Å²) in [5, 5.41) is 6.07. The van der Waals surface area contributed by atoms with E-state index in [1.807, 2.05) is 26.0 Å². The van der Waals surface area contributed by atoms with Crippen LogP contribution < -0.4 is 10.7 Å². The molecule has 0 aliphatic rings. The van der Waals surface area contributed by atoms with Gasteiger partial charge in [-0.2, -0.15) is 5.10 Å². The van der Waals surface area contributed by atoms with Crippen molar-refractivity contribution in [2.45, 2.75) is 13.8 Å².